The van der Waals surface area contributed by atoms with Gasteiger partial charge in [-0.25, -0.2) is 9.48 Å². The second-order valence-corrected chi connectivity index (χ2v) is 6.55. The maximum atomic E-state index is 13.0. The fraction of sp³-hybridized carbons (Fsp3) is 0.421. The molecule has 0 bridgehead atoms. The van der Waals surface area contributed by atoms with Crippen molar-refractivity contribution >= 4 is 17.6 Å². The number of hydrogen-bond donors (Lipinski definition) is 1. The van der Waals surface area contributed by atoms with Gasteiger partial charge in [-0.05, 0) is 25.3 Å². The van der Waals surface area contributed by atoms with Crippen LogP contribution in [0.4, 0.5) is 5.95 Å². The zero-order chi connectivity index (χ0) is 17.3. The predicted molar refractivity (Wildman–Crippen MR) is 94.7 cm³/mol. The molecule has 0 saturated heterocycles. The molecular formula is C19H22N4O2. The molecule has 0 unspecified atom stereocenters. The van der Waals surface area contributed by atoms with Crippen LogP contribution in [0, 0.1) is 0 Å². The lowest BCUT2D eigenvalue weighted by atomic mass is 9.74. The average Bonchev–Trinajstić information content (AvgIpc) is 3.13. The molecule has 2 aromatic rings. The number of ether oxygens (including phenoxy) is 1. The number of anilines is 1. The van der Waals surface area contributed by atoms with Crippen LogP contribution in [-0.2, 0) is 15.1 Å². The molecule has 0 amide bonds. The van der Waals surface area contributed by atoms with Crippen LogP contribution in [0.15, 0.2) is 42.2 Å². The zero-order valence-corrected chi connectivity index (χ0v) is 14.4. The minimum atomic E-state index is -0.479. The summed E-state index contributed by atoms with van der Waals surface area (Å²) >= 11 is 0. The van der Waals surface area contributed by atoms with Crippen molar-refractivity contribution in [3.63, 3.8) is 0 Å². The normalized spacial score (nSPS) is 18.6. The number of rotatable bonds is 3. The van der Waals surface area contributed by atoms with Crippen LogP contribution >= 0.6 is 0 Å². The van der Waals surface area contributed by atoms with Crippen LogP contribution in [0.1, 0.15) is 44.6 Å². The Labute approximate surface area is 146 Å². The molecule has 1 aliphatic carbocycles. The summed E-state index contributed by atoms with van der Waals surface area (Å²) in [5.74, 6) is 0.422. The molecule has 1 aromatic heterocycles. The Bertz CT molecular complexity index is 804. The van der Waals surface area contributed by atoms with Crippen molar-refractivity contribution in [3.05, 3.63) is 47.8 Å². The average molecular weight is 338 g/mol. The standard InChI is InChI=1S/C19H22N4O2/c1-2-25-17(24)15-16(14-9-5-3-6-10-14)22-18-20-13-21-23(18)19(15)11-7-4-8-12-19/h3,5-6,9-10,13H,2,4,7-8,11-12H2,1H3,(H,20,21,22). The third kappa shape index (κ3) is 2.52. The highest BCUT2D eigenvalue weighted by molar-refractivity contribution is 6.02. The number of hydrogen-bond acceptors (Lipinski definition) is 5. The molecule has 25 heavy (non-hydrogen) atoms. The van der Waals surface area contributed by atoms with Crippen LogP contribution in [0.3, 0.4) is 0 Å². The van der Waals surface area contributed by atoms with E-state index in [0.717, 1.165) is 36.9 Å². The molecule has 130 valence electrons. The summed E-state index contributed by atoms with van der Waals surface area (Å²) in [6.45, 7) is 2.19. The number of nitrogens with one attached hydrogen (secondary N) is 1. The second kappa shape index (κ2) is 6.35. The van der Waals surface area contributed by atoms with E-state index in [1.807, 2.05) is 41.9 Å². The van der Waals surface area contributed by atoms with E-state index < -0.39 is 5.54 Å². The van der Waals surface area contributed by atoms with Gasteiger partial charge in [0, 0.05) is 0 Å². The maximum Gasteiger partial charge on any atom is 0.338 e. The fourth-order valence-corrected chi connectivity index (χ4v) is 4.07. The van der Waals surface area contributed by atoms with Crippen molar-refractivity contribution in [1.29, 1.82) is 0 Å². The summed E-state index contributed by atoms with van der Waals surface area (Å²) in [6.07, 6.45) is 6.59. The van der Waals surface area contributed by atoms with Gasteiger partial charge in [-0.2, -0.15) is 10.1 Å². The van der Waals surface area contributed by atoms with Gasteiger partial charge in [-0.1, -0.05) is 49.6 Å². The number of fused-ring (bicyclic) bond motifs is 2. The first-order valence-corrected chi connectivity index (χ1v) is 8.91. The largest absolute Gasteiger partial charge is 0.463 e. The van der Waals surface area contributed by atoms with Gasteiger partial charge in [0.15, 0.2) is 0 Å². The Morgan fingerprint density at radius 1 is 1.24 bits per heavy atom. The van der Waals surface area contributed by atoms with Gasteiger partial charge in [0.1, 0.15) is 11.9 Å². The van der Waals surface area contributed by atoms with Crippen molar-refractivity contribution in [2.75, 3.05) is 11.9 Å². The van der Waals surface area contributed by atoms with E-state index in [4.69, 9.17) is 4.74 Å². The SMILES string of the molecule is CCOC(=O)C1=C(c2ccccc2)Nc2ncnn2C12CCCCC2. The molecule has 1 aliphatic heterocycles. The van der Waals surface area contributed by atoms with E-state index in [1.54, 1.807) is 6.33 Å². The van der Waals surface area contributed by atoms with Gasteiger partial charge in [-0.15, -0.1) is 0 Å². The number of carbonyl (C=O) groups excluding carboxylic acids is 1. The second-order valence-electron chi connectivity index (χ2n) is 6.55. The summed E-state index contributed by atoms with van der Waals surface area (Å²) in [4.78, 5) is 17.4. The molecule has 1 spiro atoms. The van der Waals surface area contributed by atoms with Crippen molar-refractivity contribution < 1.29 is 9.53 Å². The van der Waals surface area contributed by atoms with Crippen LogP contribution in [0.25, 0.3) is 5.70 Å². The maximum absolute atomic E-state index is 13.0. The molecule has 1 saturated carbocycles. The van der Waals surface area contributed by atoms with Gasteiger partial charge in [0.25, 0.3) is 0 Å². The number of carbonyl (C=O) groups is 1. The molecule has 6 nitrogen and oxygen atoms in total. The summed E-state index contributed by atoms with van der Waals surface area (Å²) in [7, 11) is 0. The van der Waals surface area contributed by atoms with Crippen molar-refractivity contribution in [2.45, 2.75) is 44.6 Å². The van der Waals surface area contributed by atoms with Crippen molar-refractivity contribution in [1.82, 2.24) is 14.8 Å². The van der Waals surface area contributed by atoms with Gasteiger partial charge in [0.05, 0.1) is 17.9 Å². The molecule has 4 rings (SSSR count). The van der Waals surface area contributed by atoms with E-state index >= 15 is 0 Å². The lowest BCUT2D eigenvalue weighted by Crippen LogP contribution is -2.46. The van der Waals surface area contributed by atoms with Crippen molar-refractivity contribution in [2.24, 2.45) is 0 Å². The summed E-state index contributed by atoms with van der Waals surface area (Å²) in [5, 5.41) is 7.78. The predicted octanol–water partition coefficient (Wildman–Crippen LogP) is 3.34. The number of esters is 1. The lowest BCUT2D eigenvalue weighted by molar-refractivity contribution is -0.140. The fourth-order valence-electron chi connectivity index (χ4n) is 4.07. The Kier molecular flexibility index (Phi) is 4.03. The highest BCUT2D eigenvalue weighted by Crippen LogP contribution is 2.47. The smallest absolute Gasteiger partial charge is 0.338 e. The molecule has 0 radical (unpaired) electrons. The van der Waals surface area contributed by atoms with Crippen LogP contribution in [0.2, 0.25) is 0 Å². The van der Waals surface area contributed by atoms with E-state index in [-0.39, 0.29) is 5.97 Å². The molecule has 1 N–H and O–H groups in total. The third-order valence-corrected chi connectivity index (χ3v) is 5.13. The minimum absolute atomic E-state index is 0.267. The number of nitrogens with zero attached hydrogens (tertiary/aromatic N) is 3. The molecule has 1 aromatic carbocycles. The Morgan fingerprint density at radius 3 is 2.72 bits per heavy atom. The zero-order valence-electron chi connectivity index (χ0n) is 14.4. The number of benzene rings is 1. The Morgan fingerprint density at radius 2 is 2.00 bits per heavy atom. The van der Waals surface area contributed by atoms with Crippen molar-refractivity contribution in [3.8, 4) is 0 Å². The number of aromatic nitrogens is 3. The summed E-state index contributed by atoms with van der Waals surface area (Å²) < 4.78 is 7.35. The van der Waals surface area contributed by atoms with E-state index in [1.165, 1.54) is 6.42 Å². The third-order valence-electron chi connectivity index (χ3n) is 5.13. The topological polar surface area (TPSA) is 69.0 Å². The minimum Gasteiger partial charge on any atom is -0.463 e. The molecule has 2 aliphatic rings. The first-order valence-electron chi connectivity index (χ1n) is 8.91. The monoisotopic (exact) mass is 338 g/mol. The molecule has 6 heteroatoms. The van der Waals surface area contributed by atoms with Gasteiger partial charge >= 0.3 is 5.97 Å². The first kappa shape index (κ1) is 15.9. The molecular weight excluding hydrogens is 316 g/mol. The van der Waals surface area contributed by atoms with Gasteiger partial charge < -0.3 is 10.1 Å². The molecule has 0 atom stereocenters. The highest BCUT2D eigenvalue weighted by atomic mass is 16.5. The summed E-state index contributed by atoms with van der Waals surface area (Å²) in [6, 6.07) is 9.92. The van der Waals surface area contributed by atoms with Gasteiger partial charge in [0.2, 0.25) is 5.95 Å². The summed E-state index contributed by atoms with van der Waals surface area (Å²) in [5.41, 5.74) is 1.96. The quantitative estimate of drug-likeness (QED) is 0.869. The molecule has 2 heterocycles. The Balaban J connectivity index is 1.95. The van der Waals surface area contributed by atoms with Crippen LogP contribution in [-0.4, -0.2) is 27.3 Å². The van der Waals surface area contributed by atoms with Gasteiger partial charge in [-0.3, -0.25) is 0 Å². The lowest BCUT2D eigenvalue weighted by Gasteiger charge is -2.42. The highest BCUT2D eigenvalue weighted by Gasteiger charge is 2.48. The van der Waals surface area contributed by atoms with Crippen LogP contribution < -0.4 is 5.32 Å². The van der Waals surface area contributed by atoms with E-state index in [0.29, 0.717) is 18.1 Å². The Hall–Kier alpha value is -2.63. The van der Waals surface area contributed by atoms with Crippen LogP contribution in [0.5, 0.6) is 0 Å². The van der Waals surface area contributed by atoms with E-state index in [2.05, 4.69) is 15.4 Å². The molecule has 1 fully saturated rings. The first-order chi connectivity index (χ1) is 12.3. The van der Waals surface area contributed by atoms with E-state index in [9.17, 15) is 4.79 Å².